The first kappa shape index (κ1) is 16.0. The molecule has 0 aliphatic heterocycles. The van der Waals surface area contributed by atoms with E-state index in [0.29, 0.717) is 10.8 Å². The predicted molar refractivity (Wildman–Crippen MR) is 86.8 cm³/mol. The number of nitrogens with zero attached hydrogens (tertiary/aromatic N) is 2. The molecular formula is C17H10ClF2N3O. The summed E-state index contributed by atoms with van der Waals surface area (Å²) in [7, 11) is 0. The third-order valence-corrected chi connectivity index (χ3v) is 3.47. The fourth-order valence-corrected chi connectivity index (χ4v) is 2.12. The molecule has 0 radical (unpaired) electrons. The molecule has 24 heavy (non-hydrogen) atoms. The number of benzene rings is 2. The Morgan fingerprint density at radius 2 is 1.54 bits per heavy atom. The molecule has 2 aromatic carbocycles. The highest BCUT2D eigenvalue weighted by molar-refractivity contribution is 6.30. The van der Waals surface area contributed by atoms with Crippen LogP contribution in [0.15, 0.2) is 54.9 Å². The quantitative estimate of drug-likeness (QED) is 0.768. The van der Waals surface area contributed by atoms with E-state index in [1.807, 2.05) is 0 Å². The smallest absolute Gasteiger partial charge is 0.258 e. The Labute approximate surface area is 141 Å². The number of para-hydroxylation sites is 1. The summed E-state index contributed by atoms with van der Waals surface area (Å²) in [5.41, 5.74) is 0.297. The second-order valence-electron chi connectivity index (χ2n) is 4.85. The van der Waals surface area contributed by atoms with Gasteiger partial charge in [0.05, 0.1) is 5.56 Å². The molecule has 120 valence electrons. The first-order chi connectivity index (χ1) is 11.5. The molecule has 0 atom stereocenters. The van der Waals surface area contributed by atoms with Crippen LogP contribution in [0.4, 0.5) is 14.5 Å². The van der Waals surface area contributed by atoms with Gasteiger partial charge in [0, 0.05) is 23.0 Å². The van der Waals surface area contributed by atoms with Gasteiger partial charge in [-0.3, -0.25) is 4.79 Å². The summed E-state index contributed by atoms with van der Waals surface area (Å²) in [6.45, 7) is 0. The third kappa shape index (κ3) is 3.38. The number of rotatable bonds is 3. The van der Waals surface area contributed by atoms with E-state index in [1.54, 1.807) is 24.3 Å². The van der Waals surface area contributed by atoms with Crippen molar-refractivity contribution in [1.82, 2.24) is 9.97 Å². The maximum atomic E-state index is 13.5. The lowest BCUT2D eigenvalue weighted by atomic mass is 10.2. The lowest BCUT2D eigenvalue weighted by Crippen LogP contribution is -2.15. The van der Waals surface area contributed by atoms with Gasteiger partial charge in [-0.25, -0.2) is 18.7 Å². The molecule has 0 fully saturated rings. The van der Waals surface area contributed by atoms with Crippen molar-refractivity contribution in [2.24, 2.45) is 0 Å². The Bertz CT molecular complexity index is 863. The molecule has 0 bridgehead atoms. The Morgan fingerprint density at radius 1 is 0.958 bits per heavy atom. The van der Waals surface area contributed by atoms with E-state index in [4.69, 9.17) is 11.6 Å². The van der Waals surface area contributed by atoms with Crippen molar-refractivity contribution in [3.63, 3.8) is 0 Å². The molecule has 1 aromatic heterocycles. The van der Waals surface area contributed by atoms with E-state index in [-0.39, 0.29) is 5.56 Å². The number of hydrogen-bond donors (Lipinski definition) is 1. The Kier molecular flexibility index (Phi) is 4.48. The van der Waals surface area contributed by atoms with Crippen LogP contribution >= 0.6 is 11.6 Å². The molecule has 1 heterocycles. The van der Waals surface area contributed by atoms with Crippen LogP contribution < -0.4 is 5.32 Å². The summed E-state index contributed by atoms with van der Waals surface area (Å²) < 4.78 is 27.1. The van der Waals surface area contributed by atoms with E-state index < -0.39 is 23.2 Å². The maximum Gasteiger partial charge on any atom is 0.258 e. The molecular weight excluding hydrogens is 336 g/mol. The summed E-state index contributed by atoms with van der Waals surface area (Å²) >= 11 is 5.81. The van der Waals surface area contributed by atoms with Gasteiger partial charge in [0.25, 0.3) is 5.91 Å². The highest BCUT2D eigenvalue weighted by Gasteiger charge is 2.14. The first-order valence-corrected chi connectivity index (χ1v) is 7.26. The van der Waals surface area contributed by atoms with Gasteiger partial charge in [-0.1, -0.05) is 17.7 Å². The van der Waals surface area contributed by atoms with Crippen molar-refractivity contribution in [3.05, 3.63) is 77.1 Å². The van der Waals surface area contributed by atoms with Crippen molar-refractivity contribution in [2.75, 3.05) is 5.32 Å². The highest BCUT2D eigenvalue weighted by Crippen LogP contribution is 2.20. The number of amides is 1. The molecule has 0 unspecified atom stereocenters. The Hall–Kier alpha value is -2.86. The van der Waals surface area contributed by atoms with E-state index in [2.05, 4.69) is 15.3 Å². The minimum atomic E-state index is -0.859. The highest BCUT2D eigenvalue weighted by atomic mass is 35.5. The average molecular weight is 346 g/mol. The lowest BCUT2D eigenvalue weighted by Gasteiger charge is -2.07. The van der Waals surface area contributed by atoms with Crippen LogP contribution in [0, 0.1) is 11.6 Å². The van der Waals surface area contributed by atoms with Crippen LogP contribution in [0.3, 0.4) is 0 Å². The fourth-order valence-electron chi connectivity index (χ4n) is 2.00. The number of aromatic nitrogens is 2. The molecule has 0 aliphatic rings. The molecule has 0 saturated heterocycles. The van der Waals surface area contributed by atoms with Gasteiger partial charge in [-0.15, -0.1) is 0 Å². The topological polar surface area (TPSA) is 54.9 Å². The number of carbonyl (C=O) groups is 1. The van der Waals surface area contributed by atoms with Gasteiger partial charge in [0.1, 0.15) is 17.3 Å². The standard InChI is InChI=1S/C17H10ClF2N3O/c18-12-6-4-10(5-7-12)16-21-8-11(9-22-16)17(24)23-15-13(19)2-1-3-14(15)20/h1-9H,(H,23,24). The van der Waals surface area contributed by atoms with Crippen LogP contribution in [0.25, 0.3) is 11.4 Å². The van der Waals surface area contributed by atoms with Crippen LogP contribution in [0.2, 0.25) is 5.02 Å². The molecule has 3 aromatic rings. The summed E-state index contributed by atoms with van der Waals surface area (Å²) in [4.78, 5) is 20.2. The zero-order valence-corrected chi connectivity index (χ0v) is 12.9. The zero-order valence-electron chi connectivity index (χ0n) is 12.1. The summed E-state index contributed by atoms with van der Waals surface area (Å²) in [5.74, 6) is -2.02. The molecule has 3 rings (SSSR count). The molecule has 1 amide bonds. The number of halogens is 3. The van der Waals surface area contributed by atoms with Crippen LogP contribution in [-0.2, 0) is 0 Å². The molecule has 0 saturated carbocycles. The van der Waals surface area contributed by atoms with Gasteiger partial charge >= 0.3 is 0 Å². The number of hydrogen-bond acceptors (Lipinski definition) is 3. The van der Waals surface area contributed by atoms with Gasteiger partial charge in [-0.05, 0) is 36.4 Å². The van der Waals surface area contributed by atoms with Gasteiger partial charge in [0.2, 0.25) is 0 Å². The van der Waals surface area contributed by atoms with Crippen LogP contribution in [0.5, 0.6) is 0 Å². The average Bonchev–Trinajstić information content (AvgIpc) is 2.59. The maximum absolute atomic E-state index is 13.5. The second-order valence-corrected chi connectivity index (χ2v) is 5.29. The molecule has 1 N–H and O–H groups in total. The number of carbonyl (C=O) groups excluding carboxylic acids is 1. The largest absolute Gasteiger partial charge is 0.317 e. The van der Waals surface area contributed by atoms with Crippen LogP contribution in [-0.4, -0.2) is 15.9 Å². The minimum absolute atomic E-state index is 0.0790. The van der Waals surface area contributed by atoms with E-state index >= 15 is 0 Å². The minimum Gasteiger partial charge on any atom is -0.317 e. The second kappa shape index (κ2) is 6.72. The number of nitrogens with one attached hydrogen (secondary N) is 1. The van der Waals surface area contributed by atoms with Crippen molar-refractivity contribution >= 4 is 23.2 Å². The summed E-state index contributed by atoms with van der Waals surface area (Å²) in [5, 5.41) is 2.76. The predicted octanol–water partition coefficient (Wildman–Crippen LogP) is 4.33. The monoisotopic (exact) mass is 345 g/mol. The van der Waals surface area contributed by atoms with E-state index in [1.165, 1.54) is 18.5 Å². The number of anilines is 1. The molecule has 0 spiro atoms. The third-order valence-electron chi connectivity index (χ3n) is 3.22. The Morgan fingerprint density at radius 3 is 2.12 bits per heavy atom. The van der Waals surface area contributed by atoms with Gasteiger partial charge in [0.15, 0.2) is 5.82 Å². The Balaban J connectivity index is 1.80. The molecule has 0 aliphatic carbocycles. The SMILES string of the molecule is O=C(Nc1c(F)cccc1F)c1cnc(-c2ccc(Cl)cc2)nc1. The first-order valence-electron chi connectivity index (χ1n) is 6.88. The van der Waals surface area contributed by atoms with Crippen molar-refractivity contribution < 1.29 is 13.6 Å². The zero-order chi connectivity index (χ0) is 17.1. The van der Waals surface area contributed by atoms with Gasteiger partial charge in [-0.2, -0.15) is 0 Å². The normalized spacial score (nSPS) is 10.5. The van der Waals surface area contributed by atoms with Gasteiger partial charge < -0.3 is 5.32 Å². The van der Waals surface area contributed by atoms with Crippen molar-refractivity contribution in [1.29, 1.82) is 0 Å². The summed E-state index contributed by atoms with van der Waals surface area (Å²) in [6.07, 6.45) is 2.57. The fraction of sp³-hybridized carbons (Fsp3) is 0. The lowest BCUT2D eigenvalue weighted by molar-refractivity contribution is 0.102. The van der Waals surface area contributed by atoms with Crippen LogP contribution in [0.1, 0.15) is 10.4 Å². The van der Waals surface area contributed by atoms with E-state index in [0.717, 1.165) is 17.7 Å². The van der Waals surface area contributed by atoms with Crippen molar-refractivity contribution in [3.8, 4) is 11.4 Å². The molecule has 4 nitrogen and oxygen atoms in total. The molecule has 7 heteroatoms. The van der Waals surface area contributed by atoms with Crippen molar-refractivity contribution in [2.45, 2.75) is 0 Å². The van der Waals surface area contributed by atoms with E-state index in [9.17, 15) is 13.6 Å². The summed E-state index contributed by atoms with van der Waals surface area (Å²) in [6, 6.07) is 10.2.